The SMILES string of the molecule is N#C/C(=C/NCc1ccc(CO)cc1)C(=O)N1CCN(C(c2ccccc2)c2ccccc2)CC1. The first kappa shape index (κ1) is 24.2. The molecule has 35 heavy (non-hydrogen) atoms. The van der Waals surface area contributed by atoms with E-state index in [1.54, 1.807) is 4.90 Å². The first-order chi connectivity index (χ1) is 17.2. The molecule has 6 heteroatoms. The largest absolute Gasteiger partial charge is 0.392 e. The molecule has 1 aliphatic heterocycles. The normalized spacial score (nSPS) is 14.5. The highest BCUT2D eigenvalue weighted by molar-refractivity contribution is 5.97. The van der Waals surface area contributed by atoms with E-state index in [0.29, 0.717) is 19.6 Å². The summed E-state index contributed by atoms with van der Waals surface area (Å²) in [6, 6.07) is 30.6. The molecule has 178 valence electrons. The quantitative estimate of drug-likeness (QED) is 0.392. The highest BCUT2D eigenvalue weighted by Crippen LogP contribution is 2.29. The van der Waals surface area contributed by atoms with Gasteiger partial charge in [-0.3, -0.25) is 9.69 Å². The molecule has 0 unspecified atom stereocenters. The first-order valence-electron chi connectivity index (χ1n) is 11.8. The van der Waals surface area contributed by atoms with Crippen LogP contribution in [0.4, 0.5) is 0 Å². The van der Waals surface area contributed by atoms with Crippen molar-refractivity contribution in [3.05, 3.63) is 119 Å². The molecule has 0 radical (unpaired) electrons. The van der Waals surface area contributed by atoms with E-state index in [-0.39, 0.29) is 24.1 Å². The lowest BCUT2D eigenvalue weighted by molar-refractivity contribution is -0.128. The van der Waals surface area contributed by atoms with Crippen molar-refractivity contribution in [2.45, 2.75) is 19.2 Å². The zero-order valence-corrected chi connectivity index (χ0v) is 19.7. The van der Waals surface area contributed by atoms with Crippen molar-refractivity contribution in [3.8, 4) is 6.07 Å². The van der Waals surface area contributed by atoms with Crippen LogP contribution in [-0.4, -0.2) is 47.0 Å². The van der Waals surface area contributed by atoms with Gasteiger partial charge in [-0.1, -0.05) is 84.9 Å². The first-order valence-corrected chi connectivity index (χ1v) is 11.8. The summed E-state index contributed by atoms with van der Waals surface area (Å²) < 4.78 is 0. The molecule has 0 bridgehead atoms. The van der Waals surface area contributed by atoms with Crippen molar-refractivity contribution in [1.29, 1.82) is 5.26 Å². The molecule has 0 aromatic heterocycles. The molecule has 1 saturated heterocycles. The van der Waals surface area contributed by atoms with Crippen LogP contribution in [0.2, 0.25) is 0 Å². The number of carbonyl (C=O) groups excluding carboxylic acids is 1. The van der Waals surface area contributed by atoms with Crippen molar-refractivity contribution in [2.24, 2.45) is 0 Å². The van der Waals surface area contributed by atoms with Gasteiger partial charge in [-0.05, 0) is 22.3 Å². The minimum Gasteiger partial charge on any atom is -0.392 e. The summed E-state index contributed by atoms with van der Waals surface area (Å²) >= 11 is 0. The number of carbonyl (C=O) groups is 1. The number of aliphatic hydroxyl groups is 1. The summed E-state index contributed by atoms with van der Waals surface area (Å²) in [7, 11) is 0. The third-order valence-corrected chi connectivity index (χ3v) is 6.31. The predicted octanol–water partition coefficient (Wildman–Crippen LogP) is 3.61. The van der Waals surface area contributed by atoms with Gasteiger partial charge in [0.2, 0.25) is 0 Å². The fourth-order valence-corrected chi connectivity index (χ4v) is 4.41. The van der Waals surface area contributed by atoms with Crippen molar-refractivity contribution in [1.82, 2.24) is 15.1 Å². The standard InChI is InChI=1S/C29H30N4O2/c30-19-27(21-31-20-23-11-13-24(22-34)14-12-23)29(35)33-17-15-32(16-18-33)28(25-7-3-1-4-8-25)26-9-5-2-6-10-26/h1-14,21,28,31,34H,15-18,20,22H2/b27-21-. The lowest BCUT2D eigenvalue weighted by Crippen LogP contribution is -2.50. The van der Waals surface area contributed by atoms with Gasteiger partial charge in [0.05, 0.1) is 12.6 Å². The fraction of sp³-hybridized carbons (Fsp3) is 0.241. The lowest BCUT2D eigenvalue weighted by atomic mass is 9.96. The van der Waals surface area contributed by atoms with Crippen molar-refractivity contribution in [2.75, 3.05) is 26.2 Å². The molecule has 0 saturated carbocycles. The van der Waals surface area contributed by atoms with Crippen LogP contribution < -0.4 is 5.32 Å². The van der Waals surface area contributed by atoms with Crippen LogP contribution in [0, 0.1) is 11.3 Å². The summed E-state index contributed by atoms with van der Waals surface area (Å²) in [5.41, 5.74) is 4.41. The van der Waals surface area contributed by atoms with Crippen molar-refractivity contribution < 1.29 is 9.90 Å². The van der Waals surface area contributed by atoms with Gasteiger partial charge in [-0.15, -0.1) is 0 Å². The molecule has 1 amide bonds. The number of hydrogen-bond donors (Lipinski definition) is 2. The molecule has 1 heterocycles. The third-order valence-electron chi connectivity index (χ3n) is 6.31. The average molecular weight is 467 g/mol. The fourth-order valence-electron chi connectivity index (χ4n) is 4.41. The Bertz CT molecular complexity index is 1120. The highest BCUT2D eigenvalue weighted by atomic mass is 16.3. The number of nitrogens with one attached hydrogen (secondary N) is 1. The Morgan fingerprint density at radius 3 is 1.94 bits per heavy atom. The van der Waals surface area contributed by atoms with Crippen LogP contribution in [0.3, 0.4) is 0 Å². The van der Waals surface area contributed by atoms with Gasteiger partial charge >= 0.3 is 0 Å². The predicted molar refractivity (Wildman–Crippen MR) is 136 cm³/mol. The molecule has 0 atom stereocenters. The molecular formula is C29H30N4O2. The topological polar surface area (TPSA) is 79.6 Å². The average Bonchev–Trinajstić information content (AvgIpc) is 2.93. The van der Waals surface area contributed by atoms with Crippen molar-refractivity contribution >= 4 is 5.91 Å². The summed E-state index contributed by atoms with van der Waals surface area (Å²) in [5.74, 6) is -0.244. The smallest absolute Gasteiger partial charge is 0.266 e. The van der Waals surface area contributed by atoms with Crippen LogP contribution in [0.1, 0.15) is 28.3 Å². The zero-order valence-electron chi connectivity index (χ0n) is 19.7. The Morgan fingerprint density at radius 2 is 1.43 bits per heavy atom. The number of amides is 1. The number of nitrogens with zero attached hydrogens (tertiary/aromatic N) is 3. The van der Waals surface area contributed by atoms with E-state index < -0.39 is 0 Å². The van der Waals surface area contributed by atoms with Gasteiger partial charge in [0.1, 0.15) is 11.6 Å². The van der Waals surface area contributed by atoms with Crippen LogP contribution in [0.5, 0.6) is 0 Å². The Morgan fingerprint density at radius 1 is 0.886 bits per heavy atom. The van der Waals surface area contributed by atoms with Crippen LogP contribution >= 0.6 is 0 Å². The number of piperazine rings is 1. The summed E-state index contributed by atoms with van der Waals surface area (Å²) in [6.07, 6.45) is 1.51. The number of benzene rings is 3. The Labute approximate surface area is 206 Å². The maximum Gasteiger partial charge on any atom is 0.266 e. The Kier molecular flexibility index (Phi) is 8.29. The van der Waals surface area contributed by atoms with E-state index >= 15 is 0 Å². The molecule has 1 fully saturated rings. The van der Waals surface area contributed by atoms with Crippen LogP contribution in [-0.2, 0) is 17.9 Å². The van der Waals surface area contributed by atoms with E-state index in [2.05, 4.69) is 64.8 Å². The summed E-state index contributed by atoms with van der Waals surface area (Å²) in [5, 5.41) is 21.8. The number of rotatable bonds is 8. The molecule has 4 rings (SSSR count). The Hall–Kier alpha value is -3.92. The van der Waals surface area contributed by atoms with E-state index in [1.165, 1.54) is 17.3 Å². The minimum absolute atomic E-state index is 0.00536. The monoisotopic (exact) mass is 466 g/mol. The van der Waals surface area contributed by atoms with E-state index in [9.17, 15) is 10.1 Å². The van der Waals surface area contributed by atoms with Crippen LogP contribution in [0.25, 0.3) is 0 Å². The molecule has 1 aliphatic rings. The molecule has 2 N–H and O–H groups in total. The molecule has 6 nitrogen and oxygen atoms in total. The second-order valence-corrected chi connectivity index (χ2v) is 8.58. The second-order valence-electron chi connectivity index (χ2n) is 8.58. The van der Waals surface area contributed by atoms with Crippen LogP contribution in [0.15, 0.2) is 96.7 Å². The van der Waals surface area contributed by atoms with E-state index in [4.69, 9.17) is 5.11 Å². The molecule has 3 aromatic rings. The second kappa shape index (κ2) is 12.0. The minimum atomic E-state index is -0.244. The summed E-state index contributed by atoms with van der Waals surface area (Å²) in [4.78, 5) is 17.2. The van der Waals surface area contributed by atoms with Crippen molar-refractivity contribution in [3.63, 3.8) is 0 Å². The van der Waals surface area contributed by atoms with Gasteiger partial charge in [0.25, 0.3) is 5.91 Å². The number of hydrogen-bond acceptors (Lipinski definition) is 5. The number of nitriles is 1. The van der Waals surface area contributed by atoms with Gasteiger partial charge in [-0.2, -0.15) is 5.26 Å². The zero-order chi connectivity index (χ0) is 24.5. The Balaban J connectivity index is 1.38. The molecule has 0 aliphatic carbocycles. The number of aliphatic hydroxyl groups excluding tert-OH is 1. The van der Waals surface area contributed by atoms with Gasteiger partial charge in [0, 0.05) is 38.9 Å². The maximum absolute atomic E-state index is 13.0. The van der Waals surface area contributed by atoms with Gasteiger partial charge < -0.3 is 15.3 Å². The van der Waals surface area contributed by atoms with E-state index in [1.807, 2.05) is 36.4 Å². The molecule has 0 spiro atoms. The van der Waals surface area contributed by atoms with Gasteiger partial charge in [-0.25, -0.2) is 0 Å². The molecular weight excluding hydrogens is 436 g/mol. The third kappa shape index (κ3) is 6.15. The van der Waals surface area contributed by atoms with Gasteiger partial charge in [0.15, 0.2) is 0 Å². The summed E-state index contributed by atoms with van der Waals surface area (Å²) in [6.45, 7) is 3.08. The lowest BCUT2D eigenvalue weighted by Gasteiger charge is -2.39. The molecule has 3 aromatic carbocycles. The highest BCUT2D eigenvalue weighted by Gasteiger charge is 2.29. The maximum atomic E-state index is 13.0. The van der Waals surface area contributed by atoms with E-state index in [0.717, 1.165) is 24.2 Å².